The predicted octanol–water partition coefficient (Wildman–Crippen LogP) is 5.50. The number of ether oxygens (including phenoxy) is 1. The van der Waals surface area contributed by atoms with E-state index in [1.54, 1.807) is 6.07 Å². The highest BCUT2D eigenvalue weighted by Crippen LogP contribution is 2.41. The summed E-state index contributed by atoms with van der Waals surface area (Å²) < 4.78 is 20.6. The molecule has 30 heavy (non-hydrogen) atoms. The third-order valence-electron chi connectivity index (χ3n) is 4.87. The van der Waals surface area contributed by atoms with Crippen molar-refractivity contribution in [3.05, 3.63) is 71.0 Å². The lowest BCUT2D eigenvalue weighted by Gasteiger charge is -2.29. The Hall–Kier alpha value is -3.05. The van der Waals surface area contributed by atoms with Crippen molar-refractivity contribution in [3.8, 4) is 11.1 Å². The fourth-order valence-corrected chi connectivity index (χ4v) is 3.73. The molecule has 0 saturated carbocycles. The third kappa shape index (κ3) is 4.41. The van der Waals surface area contributed by atoms with E-state index in [2.05, 4.69) is 0 Å². The standard InChI is InChI=1S/C25H26FNO3/c1-14-10-16-8-6-7-9-20(16)22(17-11-18(24(27)29)13-19(26)12-17)21(14)23(15(2)28)30-25(3,4)5/h6-13,23H,1-5H3,(H2,27,29)/t23-/m1/s1. The SMILES string of the molecule is CC(=O)[C@@H](OC(C)(C)C)c1c(C)cc2ccccc2c1-c1cc(F)cc(C(N)=O)c1. The fourth-order valence-electron chi connectivity index (χ4n) is 3.73. The maximum Gasteiger partial charge on any atom is 0.248 e. The zero-order chi connectivity index (χ0) is 22.2. The Balaban J connectivity index is 2.44. The summed E-state index contributed by atoms with van der Waals surface area (Å²) in [7, 11) is 0. The van der Waals surface area contributed by atoms with Crippen molar-refractivity contribution in [1.29, 1.82) is 0 Å². The molecule has 2 N–H and O–H groups in total. The maximum absolute atomic E-state index is 14.4. The van der Waals surface area contributed by atoms with Gasteiger partial charge in [-0.1, -0.05) is 30.3 Å². The first kappa shape index (κ1) is 21.7. The van der Waals surface area contributed by atoms with Gasteiger partial charge in [0.1, 0.15) is 11.9 Å². The molecule has 1 amide bonds. The van der Waals surface area contributed by atoms with Gasteiger partial charge in [-0.15, -0.1) is 0 Å². The topological polar surface area (TPSA) is 69.4 Å². The maximum atomic E-state index is 14.4. The first-order chi connectivity index (χ1) is 14.0. The van der Waals surface area contributed by atoms with Gasteiger partial charge >= 0.3 is 0 Å². The summed E-state index contributed by atoms with van der Waals surface area (Å²) in [5.74, 6) is -1.45. The van der Waals surface area contributed by atoms with Crippen LogP contribution in [0.15, 0.2) is 48.5 Å². The number of carbonyl (C=O) groups excluding carboxylic acids is 2. The molecule has 3 aromatic rings. The van der Waals surface area contributed by atoms with Crippen LogP contribution in [0.3, 0.4) is 0 Å². The second-order valence-electron chi connectivity index (χ2n) is 8.52. The number of rotatable bonds is 5. The Morgan fingerprint density at radius 3 is 2.33 bits per heavy atom. The molecule has 0 saturated heterocycles. The number of carbonyl (C=O) groups is 2. The Labute approximate surface area is 175 Å². The number of Topliss-reactive ketones (excluding diaryl/α,β-unsaturated/α-hetero) is 1. The normalized spacial score (nSPS) is 12.7. The molecule has 0 bridgehead atoms. The van der Waals surface area contributed by atoms with Crippen LogP contribution in [-0.4, -0.2) is 17.3 Å². The predicted molar refractivity (Wildman–Crippen MR) is 117 cm³/mol. The van der Waals surface area contributed by atoms with Crippen molar-refractivity contribution < 1.29 is 18.7 Å². The van der Waals surface area contributed by atoms with E-state index in [0.29, 0.717) is 16.7 Å². The molecule has 5 heteroatoms. The zero-order valence-electron chi connectivity index (χ0n) is 17.9. The van der Waals surface area contributed by atoms with Crippen LogP contribution < -0.4 is 5.73 Å². The molecule has 0 aromatic heterocycles. The molecule has 0 aliphatic rings. The van der Waals surface area contributed by atoms with Gasteiger partial charge in [0.2, 0.25) is 5.91 Å². The Morgan fingerprint density at radius 1 is 1.07 bits per heavy atom. The van der Waals surface area contributed by atoms with Crippen LogP contribution in [0.25, 0.3) is 21.9 Å². The largest absolute Gasteiger partial charge is 0.366 e. The summed E-state index contributed by atoms with van der Waals surface area (Å²) in [5.41, 5.74) is 7.55. The Bertz CT molecular complexity index is 1150. The molecule has 0 fully saturated rings. The van der Waals surface area contributed by atoms with Crippen molar-refractivity contribution in [3.63, 3.8) is 0 Å². The Kier molecular flexibility index (Phi) is 5.77. The molecule has 0 heterocycles. The van der Waals surface area contributed by atoms with Gasteiger partial charge in [-0.05, 0) is 85.8 Å². The van der Waals surface area contributed by atoms with Crippen molar-refractivity contribution in [2.75, 3.05) is 0 Å². The molecule has 1 atom stereocenters. The van der Waals surface area contributed by atoms with E-state index in [0.717, 1.165) is 22.4 Å². The fraction of sp³-hybridized carbons (Fsp3) is 0.280. The molecule has 0 radical (unpaired) electrons. The summed E-state index contributed by atoms with van der Waals surface area (Å²) in [4.78, 5) is 24.4. The van der Waals surface area contributed by atoms with Gasteiger partial charge in [-0.2, -0.15) is 0 Å². The number of aryl methyl sites for hydroxylation is 1. The van der Waals surface area contributed by atoms with E-state index < -0.39 is 23.4 Å². The van der Waals surface area contributed by atoms with E-state index in [-0.39, 0.29) is 11.3 Å². The molecule has 0 spiro atoms. The van der Waals surface area contributed by atoms with Crippen LogP contribution in [0.4, 0.5) is 4.39 Å². The molecule has 0 unspecified atom stereocenters. The minimum atomic E-state index is -0.843. The number of ketones is 1. The van der Waals surface area contributed by atoms with E-state index in [4.69, 9.17) is 10.5 Å². The van der Waals surface area contributed by atoms with E-state index >= 15 is 0 Å². The van der Waals surface area contributed by atoms with Crippen molar-refractivity contribution in [2.24, 2.45) is 5.73 Å². The molecule has 0 aliphatic heterocycles. The lowest BCUT2D eigenvalue weighted by molar-refractivity contribution is -0.138. The number of halogens is 1. The quantitative estimate of drug-likeness (QED) is 0.607. The van der Waals surface area contributed by atoms with Crippen LogP contribution in [-0.2, 0) is 9.53 Å². The molecule has 3 aromatic carbocycles. The second-order valence-corrected chi connectivity index (χ2v) is 8.52. The molecular formula is C25H26FNO3. The van der Waals surface area contributed by atoms with E-state index in [1.807, 2.05) is 58.0 Å². The monoisotopic (exact) mass is 407 g/mol. The first-order valence-electron chi connectivity index (χ1n) is 9.79. The van der Waals surface area contributed by atoms with Gasteiger partial charge in [-0.3, -0.25) is 9.59 Å². The van der Waals surface area contributed by atoms with Crippen LogP contribution >= 0.6 is 0 Å². The lowest BCUT2D eigenvalue weighted by atomic mass is 9.85. The number of primary amides is 1. The van der Waals surface area contributed by atoms with Crippen molar-refractivity contribution in [1.82, 2.24) is 0 Å². The molecule has 0 aliphatic carbocycles. The van der Waals surface area contributed by atoms with Crippen LogP contribution in [0.2, 0.25) is 0 Å². The summed E-state index contributed by atoms with van der Waals surface area (Å²) in [6.07, 6.45) is -0.843. The van der Waals surface area contributed by atoms with Gasteiger partial charge in [-0.25, -0.2) is 4.39 Å². The highest BCUT2D eigenvalue weighted by atomic mass is 19.1. The summed E-state index contributed by atoms with van der Waals surface area (Å²) in [5, 5.41) is 1.78. The number of amides is 1. The highest BCUT2D eigenvalue weighted by molar-refractivity contribution is 6.03. The van der Waals surface area contributed by atoms with Gasteiger partial charge in [0, 0.05) is 5.56 Å². The molecular weight excluding hydrogens is 381 g/mol. The minimum absolute atomic E-state index is 0.0673. The Morgan fingerprint density at radius 2 is 1.73 bits per heavy atom. The molecule has 3 rings (SSSR count). The summed E-state index contributed by atoms with van der Waals surface area (Å²) >= 11 is 0. The second kappa shape index (κ2) is 8.00. The highest BCUT2D eigenvalue weighted by Gasteiger charge is 2.29. The van der Waals surface area contributed by atoms with Crippen LogP contribution in [0.5, 0.6) is 0 Å². The number of hydrogen-bond acceptors (Lipinski definition) is 3. The summed E-state index contributed by atoms with van der Waals surface area (Å²) in [6, 6.07) is 13.7. The summed E-state index contributed by atoms with van der Waals surface area (Å²) in [6.45, 7) is 9.03. The number of hydrogen-bond donors (Lipinski definition) is 1. The number of fused-ring (bicyclic) bond motifs is 1. The van der Waals surface area contributed by atoms with Crippen LogP contribution in [0.1, 0.15) is 55.3 Å². The van der Waals surface area contributed by atoms with Crippen molar-refractivity contribution >= 4 is 22.5 Å². The van der Waals surface area contributed by atoms with E-state index in [9.17, 15) is 14.0 Å². The minimum Gasteiger partial charge on any atom is -0.366 e. The zero-order valence-corrected chi connectivity index (χ0v) is 17.9. The molecule has 156 valence electrons. The van der Waals surface area contributed by atoms with Gasteiger partial charge in [0.05, 0.1) is 5.60 Å². The lowest BCUT2D eigenvalue weighted by Crippen LogP contribution is -2.27. The number of benzene rings is 3. The van der Waals surface area contributed by atoms with E-state index in [1.165, 1.54) is 13.0 Å². The van der Waals surface area contributed by atoms with Gasteiger partial charge in [0.25, 0.3) is 0 Å². The smallest absolute Gasteiger partial charge is 0.248 e. The number of nitrogens with two attached hydrogens (primary N) is 1. The van der Waals surface area contributed by atoms with Crippen molar-refractivity contribution in [2.45, 2.75) is 46.3 Å². The first-order valence-corrected chi connectivity index (χ1v) is 9.79. The molecule has 4 nitrogen and oxygen atoms in total. The van der Waals surface area contributed by atoms with Gasteiger partial charge in [0.15, 0.2) is 5.78 Å². The van der Waals surface area contributed by atoms with Crippen LogP contribution in [0, 0.1) is 12.7 Å². The average molecular weight is 407 g/mol. The third-order valence-corrected chi connectivity index (χ3v) is 4.87. The van der Waals surface area contributed by atoms with Gasteiger partial charge < -0.3 is 10.5 Å². The average Bonchev–Trinajstić information content (AvgIpc) is 2.63.